The molecule has 0 spiro atoms. The molecule has 0 saturated heterocycles. The van der Waals surface area contributed by atoms with Crippen LogP contribution in [-0.2, 0) is 11.3 Å². The molecule has 0 N–H and O–H groups in total. The average molecular weight is 476 g/mol. The van der Waals surface area contributed by atoms with E-state index < -0.39 is 11.5 Å². The van der Waals surface area contributed by atoms with E-state index in [-0.39, 0.29) is 27.9 Å². The number of carbonyl (C=O) groups is 1. The van der Waals surface area contributed by atoms with Crippen LogP contribution in [0.25, 0.3) is 27.4 Å². The Bertz CT molecular complexity index is 1600. The molecule has 0 aliphatic heterocycles. The third-order valence-electron chi connectivity index (χ3n) is 5.26. The zero-order chi connectivity index (χ0) is 22.9. The lowest BCUT2D eigenvalue weighted by Crippen LogP contribution is -2.24. The summed E-state index contributed by atoms with van der Waals surface area (Å²) in [6.07, 6.45) is 1.25. The van der Waals surface area contributed by atoms with Gasteiger partial charge in [0.15, 0.2) is 0 Å². The van der Waals surface area contributed by atoms with Gasteiger partial charge in [0.25, 0.3) is 5.56 Å². The summed E-state index contributed by atoms with van der Waals surface area (Å²) in [7, 11) is 0. The first-order valence-corrected chi connectivity index (χ1v) is 10.8. The van der Waals surface area contributed by atoms with Gasteiger partial charge in [-0.15, -0.1) is 0 Å². The Kier molecular flexibility index (Phi) is 5.54. The van der Waals surface area contributed by atoms with Gasteiger partial charge in [-0.3, -0.25) is 4.79 Å². The summed E-state index contributed by atoms with van der Waals surface area (Å²) < 4.78 is 6.65. The fraction of sp³-hybridized carbons (Fsp3) is 0.0400. The molecule has 0 unspecified atom stereocenters. The number of rotatable bonds is 4. The van der Waals surface area contributed by atoms with Crippen LogP contribution in [0.3, 0.4) is 0 Å². The van der Waals surface area contributed by atoms with Gasteiger partial charge in [0.05, 0.1) is 33.7 Å². The SMILES string of the molecule is O=C(OCc1nc2ccccc2c2ccccc12)c1ccccc1-n1ncc(Cl)c(Cl)c1=O. The lowest BCUT2D eigenvalue weighted by atomic mass is 10.0. The van der Waals surface area contributed by atoms with Gasteiger partial charge in [-0.05, 0) is 23.6 Å². The van der Waals surface area contributed by atoms with Crippen molar-refractivity contribution in [3.8, 4) is 5.69 Å². The predicted octanol–water partition coefficient (Wildman–Crippen LogP) is 5.60. The third kappa shape index (κ3) is 3.84. The summed E-state index contributed by atoms with van der Waals surface area (Å²) >= 11 is 11.9. The largest absolute Gasteiger partial charge is 0.455 e. The Morgan fingerprint density at radius 1 is 0.879 bits per heavy atom. The summed E-state index contributed by atoms with van der Waals surface area (Å²) in [6, 6.07) is 22.2. The second kappa shape index (κ2) is 8.65. The molecular formula is C25H15Cl2N3O3. The van der Waals surface area contributed by atoms with E-state index in [9.17, 15) is 9.59 Å². The van der Waals surface area contributed by atoms with Crippen molar-refractivity contribution in [3.63, 3.8) is 0 Å². The van der Waals surface area contributed by atoms with Crippen LogP contribution in [0.2, 0.25) is 10.0 Å². The maximum atomic E-state index is 13.0. The molecule has 3 aromatic carbocycles. The highest BCUT2D eigenvalue weighted by Crippen LogP contribution is 2.27. The lowest BCUT2D eigenvalue weighted by molar-refractivity contribution is 0.0469. The van der Waals surface area contributed by atoms with Crippen molar-refractivity contribution >= 4 is 50.8 Å². The number of aromatic nitrogens is 3. The van der Waals surface area contributed by atoms with Crippen LogP contribution in [0.4, 0.5) is 0 Å². The van der Waals surface area contributed by atoms with Gasteiger partial charge in [0.1, 0.15) is 11.6 Å². The summed E-state index contributed by atoms with van der Waals surface area (Å²) in [5.74, 6) is -0.621. The Hall–Kier alpha value is -3.74. The van der Waals surface area contributed by atoms with E-state index in [1.807, 2.05) is 48.5 Å². The van der Waals surface area contributed by atoms with Gasteiger partial charge in [-0.2, -0.15) is 9.78 Å². The number of nitrogens with zero attached hydrogens (tertiary/aromatic N) is 3. The first kappa shape index (κ1) is 21.1. The molecular weight excluding hydrogens is 461 g/mol. The van der Waals surface area contributed by atoms with Crippen molar-refractivity contribution in [1.82, 2.24) is 14.8 Å². The van der Waals surface area contributed by atoms with Crippen LogP contribution in [0.1, 0.15) is 16.1 Å². The molecule has 6 nitrogen and oxygen atoms in total. The molecule has 0 radical (unpaired) electrons. The van der Waals surface area contributed by atoms with Crippen molar-refractivity contribution in [2.24, 2.45) is 0 Å². The van der Waals surface area contributed by atoms with Crippen molar-refractivity contribution in [3.05, 3.63) is 111 Å². The molecule has 2 heterocycles. The highest BCUT2D eigenvalue weighted by Gasteiger charge is 2.18. The van der Waals surface area contributed by atoms with E-state index in [1.54, 1.807) is 24.3 Å². The summed E-state index contributed by atoms with van der Waals surface area (Å²) in [5, 5.41) is 6.83. The molecule has 5 aromatic rings. The number of hydrogen-bond donors (Lipinski definition) is 0. The van der Waals surface area contributed by atoms with Crippen LogP contribution < -0.4 is 5.56 Å². The maximum absolute atomic E-state index is 13.0. The number of halogens is 2. The Labute approximate surface area is 198 Å². The minimum Gasteiger partial charge on any atom is -0.455 e. The average Bonchev–Trinajstić information content (AvgIpc) is 2.86. The molecule has 162 valence electrons. The van der Waals surface area contributed by atoms with E-state index in [4.69, 9.17) is 32.9 Å². The molecule has 0 amide bonds. The van der Waals surface area contributed by atoms with Crippen LogP contribution >= 0.6 is 23.2 Å². The zero-order valence-corrected chi connectivity index (χ0v) is 18.5. The zero-order valence-electron chi connectivity index (χ0n) is 17.0. The number of pyridine rings is 1. The van der Waals surface area contributed by atoms with Crippen LogP contribution in [-0.4, -0.2) is 20.7 Å². The number of fused-ring (bicyclic) bond motifs is 3. The first-order valence-electron chi connectivity index (χ1n) is 10.0. The van der Waals surface area contributed by atoms with Gasteiger partial charge in [-0.25, -0.2) is 9.78 Å². The van der Waals surface area contributed by atoms with Gasteiger partial charge in [0.2, 0.25) is 0 Å². The minimum absolute atomic E-state index is 0.0345. The highest BCUT2D eigenvalue weighted by atomic mass is 35.5. The lowest BCUT2D eigenvalue weighted by Gasteiger charge is -2.13. The molecule has 0 saturated carbocycles. The van der Waals surface area contributed by atoms with Crippen LogP contribution in [0.15, 0.2) is 83.8 Å². The van der Waals surface area contributed by atoms with Crippen molar-refractivity contribution in [2.75, 3.05) is 0 Å². The smallest absolute Gasteiger partial charge is 0.340 e. The van der Waals surface area contributed by atoms with E-state index in [0.717, 1.165) is 26.4 Å². The topological polar surface area (TPSA) is 74.1 Å². The van der Waals surface area contributed by atoms with Gasteiger partial charge >= 0.3 is 5.97 Å². The molecule has 33 heavy (non-hydrogen) atoms. The number of ether oxygens (including phenoxy) is 1. The molecule has 8 heteroatoms. The van der Waals surface area contributed by atoms with Crippen LogP contribution in [0, 0.1) is 0 Å². The normalized spacial score (nSPS) is 11.1. The number of hydrogen-bond acceptors (Lipinski definition) is 5. The molecule has 5 rings (SSSR count). The van der Waals surface area contributed by atoms with Gasteiger partial charge < -0.3 is 4.74 Å². The van der Waals surface area contributed by atoms with Crippen molar-refractivity contribution < 1.29 is 9.53 Å². The molecule has 0 aliphatic rings. The number of carbonyl (C=O) groups excluding carboxylic acids is 1. The van der Waals surface area contributed by atoms with Crippen molar-refractivity contribution in [2.45, 2.75) is 6.61 Å². The van der Waals surface area contributed by atoms with Gasteiger partial charge in [-0.1, -0.05) is 77.8 Å². The third-order valence-corrected chi connectivity index (χ3v) is 6.00. The van der Waals surface area contributed by atoms with E-state index in [0.29, 0.717) is 5.69 Å². The standard InChI is InChI=1S/C25H15Cl2N3O3/c26-19-13-28-30(24(31)23(19)27)22-12-6-4-10-18(22)25(32)33-14-21-17-9-2-1-7-15(17)16-8-3-5-11-20(16)29-21/h1-13H,14H2. The van der Waals surface area contributed by atoms with E-state index in [2.05, 4.69) is 5.10 Å². The first-order chi connectivity index (χ1) is 16.0. The second-order valence-electron chi connectivity index (χ2n) is 7.24. The maximum Gasteiger partial charge on any atom is 0.340 e. The molecule has 0 fully saturated rings. The van der Waals surface area contributed by atoms with Gasteiger partial charge in [0, 0.05) is 10.8 Å². The monoisotopic (exact) mass is 475 g/mol. The number of para-hydroxylation sites is 2. The fourth-order valence-corrected chi connectivity index (χ4v) is 3.96. The summed E-state index contributed by atoms with van der Waals surface area (Å²) in [4.78, 5) is 30.3. The van der Waals surface area contributed by atoms with E-state index in [1.165, 1.54) is 6.20 Å². The quantitative estimate of drug-likeness (QED) is 0.250. The molecule has 2 aromatic heterocycles. The van der Waals surface area contributed by atoms with E-state index >= 15 is 0 Å². The molecule has 0 atom stereocenters. The fourth-order valence-electron chi connectivity index (χ4n) is 3.71. The van der Waals surface area contributed by atoms with Crippen LogP contribution in [0.5, 0.6) is 0 Å². The Morgan fingerprint density at radius 3 is 2.36 bits per heavy atom. The second-order valence-corrected chi connectivity index (χ2v) is 8.02. The number of esters is 1. The summed E-state index contributed by atoms with van der Waals surface area (Å²) in [5.41, 5.74) is 1.22. The molecule has 0 bridgehead atoms. The molecule has 0 aliphatic carbocycles. The van der Waals surface area contributed by atoms with Crippen molar-refractivity contribution in [1.29, 1.82) is 0 Å². The summed E-state index contributed by atoms with van der Waals surface area (Å²) in [6.45, 7) is -0.0395. The predicted molar refractivity (Wildman–Crippen MR) is 128 cm³/mol. The minimum atomic E-state index is -0.633. The Balaban J connectivity index is 1.51. The highest BCUT2D eigenvalue weighted by molar-refractivity contribution is 6.41. The Morgan fingerprint density at radius 2 is 1.55 bits per heavy atom. The number of benzene rings is 3.